The number of hydrogen-bond donors (Lipinski definition) is 1. The molecule has 1 aliphatic rings. The maximum atomic E-state index is 13.7. The van der Waals surface area contributed by atoms with Gasteiger partial charge in [-0.15, -0.1) is 0 Å². The van der Waals surface area contributed by atoms with Crippen LogP contribution in [0.5, 0.6) is 0 Å². The predicted octanol–water partition coefficient (Wildman–Crippen LogP) is 6.40. The van der Waals surface area contributed by atoms with Crippen molar-refractivity contribution < 1.29 is 9.18 Å². The minimum Gasteiger partial charge on any atom is -0.367 e. The number of anilines is 2. The summed E-state index contributed by atoms with van der Waals surface area (Å²) >= 11 is 12.5. The fourth-order valence-corrected chi connectivity index (χ4v) is 3.96. The zero-order chi connectivity index (χ0) is 20.5. The Morgan fingerprint density at radius 1 is 1.18 bits per heavy atom. The maximum Gasteiger partial charge on any atom is 0.224 e. The molecule has 0 spiro atoms. The molecular formula is C22H25Cl2FN2O. The van der Waals surface area contributed by atoms with Crippen LogP contribution in [-0.4, -0.2) is 12.5 Å². The van der Waals surface area contributed by atoms with Crippen molar-refractivity contribution in [3.05, 3.63) is 57.1 Å². The molecule has 0 saturated carbocycles. The quantitative estimate of drug-likeness (QED) is 0.617. The summed E-state index contributed by atoms with van der Waals surface area (Å²) in [6.07, 6.45) is 1.20. The van der Waals surface area contributed by atoms with Crippen LogP contribution in [0.4, 0.5) is 15.8 Å². The van der Waals surface area contributed by atoms with Gasteiger partial charge in [-0.1, -0.05) is 50.0 Å². The van der Waals surface area contributed by atoms with Gasteiger partial charge < -0.3 is 10.2 Å². The first-order chi connectivity index (χ1) is 13.2. The van der Waals surface area contributed by atoms with E-state index < -0.39 is 6.67 Å². The number of benzene rings is 2. The minimum atomic E-state index is -0.696. The van der Waals surface area contributed by atoms with E-state index in [2.05, 4.69) is 10.2 Å². The molecule has 1 amide bonds. The molecule has 1 aliphatic heterocycles. The van der Waals surface area contributed by atoms with E-state index in [-0.39, 0.29) is 11.3 Å². The van der Waals surface area contributed by atoms with Crippen molar-refractivity contribution in [3.8, 4) is 0 Å². The number of carbonyl (C=O) groups is 1. The van der Waals surface area contributed by atoms with E-state index in [1.165, 1.54) is 11.1 Å². The largest absolute Gasteiger partial charge is 0.367 e. The topological polar surface area (TPSA) is 32.3 Å². The molecule has 0 fully saturated rings. The van der Waals surface area contributed by atoms with E-state index in [0.29, 0.717) is 29.2 Å². The molecule has 2 aromatic rings. The second-order valence-electron chi connectivity index (χ2n) is 8.47. The fraction of sp³-hybridized carbons (Fsp3) is 0.409. The molecule has 0 aliphatic carbocycles. The zero-order valence-corrected chi connectivity index (χ0v) is 17.9. The molecule has 150 valence electrons. The molecule has 0 atom stereocenters. The molecular weight excluding hydrogens is 398 g/mol. The van der Waals surface area contributed by atoms with E-state index >= 15 is 0 Å². The van der Waals surface area contributed by atoms with Crippen molar-refractivity contribution in [2.45, 2.75) is 46.8 Å². The van der Waals surface area contributed by atoms with Crippen LogP contribution in [0.1, 0.15) is 43.9 Å². The van der Waals surface area contributed by atoms with Gasteiger partial charge in [0.1, 0.15) is 6.67 Å². The highest BCUT2D eigenvalue weighted by Crippen LogP contribution is 2.35. The Kier molecular flexibility index (Phi) is 6.21. The van der Waals surface area contributed by atoms with Gasteiger partial charge >= 0.3 is 0 Å². The summed E-state index contributed by atoms with van der Waals surface area (Å²) in [5.74, 6) is -0.166. The third-order valence-corrected chi connectivity index (χ3v) is 5.33. The number of fused-ring (bicyclic) bond motifs is 1. The van der Waals surface area contributed by atoms with Crippen LogP contribution in [-0.2, 0) is 24.4 Å². The highest BCUT2D eigenvalue weighted by atomic mass is 35.5. The molecule has 28 heavy (non-hydrogen) atoms. The minimum absolute atomic E-state index is 0.156. The molecule has 3 nitrogen and oxygen atoms in total. The van der Waals surface area contributed by atoms with Crippen LogP contribution in [0, 0.1) is 5.41 Å². The van der Waals surface area contributed by atoms with E-state index in [0.717, 1.165) is 23.7 Å². The number of alkyl halides is 1. The Morgan fingerprint density at radius 2 is 1.93 bits per heavy atom. The van der Waals surface area contributed by atoms with Crippen LogP contribution in [0.2, 0.25) is 10.0 Å². The van der Waals surface area contributed by atoms with Crippen molar-refractivity contribution in [1.29, 1.82) is 0 Å². The van der Waals surface area contributed by atoms with Gasteiger partial charge in [-0.2, -0.15) is 0 Å². The summed E-state index contributed by atoms with van der Waals surface area (Å²) in [4.78, 5) is 14.5. The molecule has 6 heteroatoms. The van der Waals surface area contributed by atoms with Crippen LogP contribution < -0.4 is 10.2 Å². The first-order valence-electron chi connectivity index (χ1n) is 9.37. The number of nitrogens with one attached hydrogen (secondary N) is 1. The average Bonchev–Trinajstić information content (AvgIpc) is 2.61. The molecule has 0 radical (unpaired) electrons. The van der Waals surface area contributed by atoms with Crippen molar-refractivity contribution in [2.24, 2.45) is 5.41 Å². The Hall–Kier alpha value is -1.78. The van der Waals surface area contributed by atoms with Crippen molar-refractivity contribution in [1.82, 2.24) is 0 Å². The number of halogens is 3. The summed E-state index contributed by atoms with van der Waals surface area (Å²) in [6.45, 7) is 6.76. The Morgan fingerprint density at radius 3 is 2.61 bits per heavy atom. The summed E-state index contributed by atoms with van der Waals surface area (Å²) < 4.78 is 13.7. The lowest BCUT2D eigenvalue weighted by Crippen LogP contribution is -2.30. The lowest BCUT2D eigenvalue weighted by molar-refractivity contribution is -0.117. The molecule has 0 unspecified atom stereocenters. The maximum absolute atomic E-state index is 13.7. The highest BCUT2D eigenvalue weighted by molar-refractivity contribution is 6.34. The van der Waals surface area contributed by atoms with Crippen LogP contribution in [0.15, 0.2) is 30.3 Å². The SMILES string of the molecule is CC(C)(C)CC(=O)Nc1c(Cl)cc(N2CCc3cc(Cl)ccc3C2)cc1CF. The molecule has 1 heterocycles. The van der Waals surface area contributed by atoms with Gasteiger partial charge in [-0.05, 0) is 47.2 Å². The summed E-state index contributed by atoms with van der Waals surface area (Å²) in [5.41, 5.74) is 3.91. The van der Waals surface area contributed by atoms with E-state index in [1.54, 1.807) is 12.1 Å². The van der Waals surface area contributed by atoms with Gasteiger partial charge in [0.2, 0.25) is 5.91 Å². The van der Waals surface area contributed by atoms with E-state index in [1.807, 2.05) is 39.0 Å². The van der Waals surface area contributed by atoms with Crippen molar-refractivity contribution >= 4 is 40.5 Å². The fourth-order valence-electron chi connectivity index (χ4n) is 3.48. The van der Waals surface area contributed by atoms with Crippen molar-refractivity contribution in [3.63, 3.8) is 0 Å². The number of nitrogens with zero attached hydrogens (tertiary/aromatic N) is 1. The first-order valence-corrected chi connectivity index (χ1v) is 10.1. The van der Waals surface area contributed by atoms with Crippen LogP contribution >= 0.6 is 23.2 Å². The van der Waals surface area contributed by atoms with Gasteiger partial charge in [0.25, 0.3) is 0 Å². The predicted molar refractivity (Wildman–Crippen MR) is 115 cm³/mol. The highest BCUT2D eigenvalue weighted by Gasteiger charge is 2.21. The Labute approximate surface area is 175 Å². The Bertz CT molecular complexity index is 893. The smallest absolute Gasteiger partial charge is 0.224 e. The summed E-state index contributed by atoms with van der Waals surface area (Å²) in [7, 11) is 0. The van der Waals surface area contributed by atoms with Crippen LogP contribution in [0.25, 0.3) is 0 Å². The number of rotatable bonds is 4. The average molecular weight is 423 g/mol. The first kappa shape index (κ1) is 20.9. The number of amides is 1. The van der Waals surface area contributed by atoms with E-state index in [9.17, 15) is 9.18 Å². The molecule has 3 rings (SSSR count). The van der Waals surface area contributed by atoms with Crippen LogP contribution in [0.3, 0.4) is 0 Å². The Balaban J connectivity index is 1.83. The summed E-state index contributed by atoms with van der Waals surface area (Å²) in [5, 5.41) is 3.89. The number of hydrogen-bond acceptors (Lipinski definition) is 2. The molecule has 0 aromatic heterocycles. The number of carbonyl (C=O) groups excluding carboxylic acids is 1. The van der Waals surface area contributed by atoms with E-state index in [4.69, 9.17) is 23.2 Å². The summed E-state index contributed by atoms with van der Waals surface area (Å²) in [6, 6.07) is 9.50. The zero-order valence-electron chi connectivity index (χ0n) is 16.4. The van der Waals surface area contributed by atoms with Gasteiger partial charge in [0, 0.05) is 35.8 Å². The van der Waals surface area contributed by atoms with Gasteiger partial charge in [0.05, 0.1) is 10.7 Å². The van der Waals surface area contributed by atoms with Gasteiger partial charge in [0.15, 0.2) is 0 Å². The molecule has 1 N–H and O–H groups in total. The third kappa shape index (κ3) is 4.98. The monoisotopic (exact) mass is 422 g/mol. The normalized spacial score (nSPS) is 14.0. The standard InChI is InChI=1S/C22H25Cl2FN2O/c1-22(2,3)11-20(28)26-21-16(12-25)9-18(10-19(21)24)27-7-6-14-8-17(23)5-4-15(14)13-27/h4-5,8-10H,6-7,11-13H2,1-3H3,(H,26,28). The van der Waals surface area contributed by atoms with Crippen molar-refractivity contribution in [2.75, 3.05) is 16.8 Å². The second kappa shape index (κ2) is 8.30. The van der Waals surface area contributed by atoms with Gasteiger partial charge in [-0.25, -0.2) is 4.39 Å². The second-order valence-corrected chi connectivity index (χ2v) is 9.31. The lowest BCUT2D eigenvalue weighted by Gasteiger charge is -2.31. The van der Waals surface area contributed by atoms with Gasteiger partial charge in [-0.3, -0.25) is 4.79 Å². The lowest BCUT2D eigenvalue weighted by atomic mass is 9.92. The third-order valence-electron chi connectivity index (χ3n) is 4.80. The molecule has 0 saturated heterocycles. The molecule has 2 aromatic carbocycles. The molecule has 0 bridgehead atoms.